The van der Waals surface area contributed by atoms with Gasteiger partial charge in [-0.1, -0.05) is 25.3 Å². The van der Waals surface area contributed by atoms with Crippen molar-refractivity contribution in [3.8, 4) is 0 Å². The first kappa shape index (κ1) is 19.6. The van der Waals surface area contributed by atoms with E-state index in [1.807, 2.05) is 11.9 Å². The van der Waals surface area contributed by atoms with Crippen LogP contribution in [0.1, 0.15) is 63.2 Å². The van der Waals surface area contributed by atoms with Crippen LogP contribution in [0.4, 0.5) is 5.69 Å². The lowest BCUT2D eigenvalue weighted by atomic mass is 9.94. The van der Waals surface area contributed by atoms with Crippen LogP contribution >= 0.6 is 0 Å². The largest absolute Gasteiger partial charge is 0.478 e. The number of benzene rings is 2. The third-order valence-electron chi connectivity index (χ3n) is 5.20. The summed E-state index contributed by atoms with van der Waals surface area (Å²) in [5, 5.41) is 11.8. The number of amides is 2. The van der Waals surface area contributed by atoms with Crippen LogP contribution in [0.2, 0.25) is 0 Å². The van der Waals surface area contributed by atoms with Crippen molar-refractivity contribution in [2.75, 3.05) is 12.4 Å². The molecule has 0 unspecified atom stereocenters. The zero-order valence-electron chi connectivity index (χ0n) is 15.9. The molecule has 6 nitrogen and oxygen atoms in total. The normalized spacial score (nSPS) is 14.3. The Bertz CT molecular complexity index is 870. The smallest absolute Gasteiger partial charge is 0.335 e. The first-order valence-corrected chi connectivity index (χ1v) is 9.47. The number of carboxylic acid groups (broad SMARTS) is 1. The van der Waals surface area contributed by atoms with Crippen molar-refractivity contribution >= 4 is 23.5 Å². The quantitative estimate of drug-likeness (QED) is 0.819. The Morgan fingerprint density at radius 3 is 2.21 bits per heavy atom. The summed E-state index contributed by atoms with van der Waals surface area (Å²) in [5.74, 6) is -1.50. The summed E-state index contributed by atoms with van der Waals surface area (Å²) in [6.45, 7) is 0. The molecule has 146 valence electrons. The van der Waals surface area contributed by atoms with E-state index < -0.39 is 11.9 Å². The fourth-order valence-corrected chi connectivity index (χ4v) is 3.53. The van der Waals surface area contributed by atoms with Crippen molar-refractivity contribution in [3.63, 3.8) is 0 Å². The molecule has 0 radical (unpaired) electrons. The third-order valence-corrected chi connectivity index (χ3v) is 5.20. The lowest BCUT2D eigenvalue weighted by Gasteiger charge is -2.31. The highest BCUT2D eigenvalue weighted by atomic mass is 16.4. The Hall–Kier alpha value is -3.15. The van der Waals surface area contributed by atoms with Gasteiger partial charge in [0.25, 0.3) is 11.8 Å². The van der Waals surface area contributed by atoms with Gasteiger partial charge in [-0.2, -0.15) is 0 Å². The van der Waals surface area contributed by atoms with Gasteiger partial charge in [0, 0.05) is 29.9 Å². The van der Waals surface area contributed by atoms with E-state index in [0.29, 0.717) is 17.3 Å². The van der Waals surface area contributed by atoms with Gasteiger partial charge < -0.3 is 15.3 Å². The number of hydrogen-bond donors (Lipinski definition) is 2. The Labute approximate surface area is 164 Å². The second-order valence-electron chi connectivity index (χ2n) is 7.13. The number of carboxylic acids is 1. The van der Waals surface area contributed by atoms with Crippen LogP contribution in [0.5, 0.6) is 0 Å². The van der Waals surface area contributed by atoms with Gasteiger partial charge in [0.05, 0.1) is 5.56 Å². The van der Waals surface area contributed by atoms with Crippen molar-refractivity contribution < 1.29 is 19.5 Å². The molecule has 0 heterocycles. The Kier molecular flexibility index (Phi) is 6.09. The van der Waals surface area contributed by atoms with Gasteiger partial charge in [-0.05, 0) is 55.3 Å². The van der Waals surface area contributed by atoms with Crippen LogP contribution in [0.25, 0.3) is 0 Å². The molecule has 0 aromatic heterocycles. The standard InChI is InChI=1S/C22H24N2O4/c1-24(19-8-3-2-4-9-19)21(26)15-10-12-18(13-11-15)23-20(25)16-6-5-7-17(14-16)22(27)28/h5-7,10-14,19H,2-4,8-9H2,1H3,(H,23,25)(H,27,28). The lowest BCUT2D eigenvalue weighted by Crippen LogP contribution is -2.38. The highest BCUT2D eigenvalue weighted by Gasteiger charge is 2.23. The molecule has 0 spiro atoms. The molecule has 2 aromatic rings. The maximum absolute atomic E-state index is 12.7. The van der Waals surface area contributed by atoms with Crippen molar-refractivity contribution in [3.05, 3.63) is 65.2 Å². The highest BCUT2D eigenvalue weighted by molar-refractivity contribution is 6.05. The average Bonchev–Trinajstić information content (AvgIpc) is 2.74. The van der Waals surface area contributed by atoms with Crippen molar-refractivity contribution in [2.24, 2.45) is 0 Å². The number of carbonyl (C=O) groups excluding carboxylic acids is 2. The number of carbonyl (C=O) groups is 3. The highest BCUT2D eigenvalue weighted by Crippen LogP contribution is 2.23. The number of nitrogens with one attached hydrogen (secondary N) is 1. The summed E-state index contributed by atoms with van der Waals surface area (Å²) in [6.07, 6.45) is 5.66. The monoisotopic (exact) mass is 380 g/mol. The molecule has 2 amide bonds. The van der Waals surface area contributed by atoms with E-state index in [0.717, 1.165) is 25.7 Å². The molecular weight excluding hydrogens is 356 g/mol. The molecule has 2 N–H and O–H groups in total. The van der Waals surface area contributed by atoms with Crippen molar-refractivity contribution in [1.29, 1.82) is 0 Å². The van der Waals surface area contributed by atoms with Crippen molar-refractivity contribution in [2.45, 2.75) is 38.1 Å². The van der Waals surface area contributed by atoms with E-state index in [2.05, 4.69) is 5.32 Å². The summed E-state index contributed by atoms with van der Waals surface area (Å²) < 4.78 is 0. The van der Waals surface area contributed by atoms with Crippen LogP contribution < -0.4 is 5.32 Å². The van der Waals surface area contributed by atoms with Crippen LogP contribution in [0.3, 0.4) is 0 Å². The molecule has 1 fully saturated rings. The predicted octanol–water partition coefficient (Wildman–Crippen LogP) is 4.04. The predicted molar refractivity (Wildman–Crippen MR) is 107 cm³/mol. The van der Waals surface area contributed by atoms with E-state index >= 15 is 0 Å². The number of nitrogens with zero attached hydrogens (tertiary/aromatic N) is 1. The molecule has 1 aliphatic rings. The first-order valence-electron chi connectivity index (χ1n) is 9.47. The van der Waals surface area contributed by atoms with E-state index in [-0.39, 0.29) is 17.0 Å². The maximum Gasteiger partial charge on any atom is 0.335 e. The minimum Gasteiger partial charge on any atom is -0.478 e. The van der Waals surface area contributed by atoms with Crippen LogP contribution in [-0.4, -0.2) is 40.9 Å². The molecule has 1 aliphatic carbocycles. The van der Waals surface area contributed by atoms with Gasteiger partial charge in [0.1, 0.15) is 0 Å². The molecule has 1 saturated carbocycles. The SMILES string of the molecule is CN(C(=O)c1ccc(NC(=O)c2cccc(C(=O)O)c2)cc1)C1CCCCC1. The Morgan fingerprint density at radius 1 is 0.929 bits per heavy atom. The zero-order chi connectivity index (χ0) is 20.1. The van der Waals surface area contributed by atoms with Crippen LogP contribution in [0.15, 0.2) is 48.5 Å². The van der Waals surface area contributed by atoms with Gasteiger partial charge >= 0.3 is 5.97 Å². The second-order valence-corrected chi connectivity index (χ2v) is 7.13. The van der Waals surface area contributed by atoms with Gasteiger partial charge in [-0.3, -0.25) is 9.59 Å². The van der Waals surface area contributed by atoms with E-state index in [9.17, 15) is 14.4 Å². The zero-order valence-corrected chi connectivity index (χ0v) is 15.9. The average molecular weight is 380 g/mol. The minimum absolute atomic E-state index is 0.0149. The summed E-state index contributed by atoms with van der Waals surface area (Å²) >= 11 is 0. The lowest BCUT2D eigenvalue weighted by molar-refractivity contribution is 0.0687. The van der Waals surface area contributed by atoms with E-state index in [4.69, 9.17) is 5.11 Å². The van der Waals surface area contributed by atoms with Gasteiger partial charge in [-0.15, -0.1) is 0 Å². The molecule has 0 saturated heterocycles. The second kappa shape index (κ2) is 8.69. The topological polar surface area (TPSA) is 86.7 Å². The number of aromatic carboxylic acids is 1. The molecule has 6 heteroatoms. The molecular formula is C22H24N2O4. The van der Waals surface area contributed by atoms with Gasteiger partial charge in [-0.25, -0.2) is 4.79 Å². The maximum atomic E-state index is 12.7. The fourth-order valence-electron chi connectivity index (χ4n) is 3.53. The van der Waals surface area contributed by atoms with Crippen LogP contribution in [0, 0.1) is 0 Å². The summed E-state index contributed by atoms with van der Waals surface area (Å²) in [7, 11) is 1.85. The summed E-state index contributed by atoms with van der Waals surface area (Å²) in [5.41, 5.74) is 1.44. The third kappa shape index (κ3) is 4.57. The van der Waals surface area contributed by atoms with E-state index in [1.165, 1.54) is 24.6 Å². The molecule has 2 aromatic carbocycles. The molecule has 3 rings (SSSR count). The van der Waals surface area contributed by atoms with Crippen molar-refractivity contribution in [1.82, 2.24) is 4.90 Å². The Balaban J connectivity index is 1.65. The van der Waals surface area contributed by atoms with Gasteiger partial charge in [0.2, 0.25) is 0 Å². The van der Waals surface area contributed by atoms with Crippen LogP contribution in [-0.2, 0) is 0 Å². The molecule has 0 bridgehead atoms. The van der Waals surface area contributed by atoms with Gasteiger partial charge in [0.15, 0.2) is 0 Å². The molecule has 0 aliphatic heterocycles. The fraction of sp³-hybridized carbons (Fsp3) is 0.318. The molecule has 0 atom stereocenters. The minimum atomic E-state index is -1.08. The summed E-state index contributed by atoms with van der Waals surface area (Å²) in [6, 6.07) is 12.9. The van der Waals surface area contributed by atoms with E-state index in [1.54, 1.807) is 30.3 Å². The number of anilines is 1. The summed E-state index contributed by atoms with van der Waals surface area (Å²) in [4.78, 5) is 37.9. The molecule has 28 heavy (non-hydrogen) atoms. The number of rotatable bonds is 5. The number of hydrogen-bond acceptors (Lipinski definition) is 3. The Morgan fingerprint density at radius 2 is 1.57 bits per heavy atom. The first-order chi connectivity index (χ1) is 13.5.